The van der Waals surface area contributed by atoms with Gasteiger partial charge in [-0.25, -0.2) is 4.79 Å². The topological polar surface area (TPSA) is 61.8 Å². The molecule has 0 saturated carbocycles. The van der Waals surface area contributed by atoms with Crippen molar-refractivity contribution in [2.45, 2.75) is 83.9 Å². The highest BCUT2D eigenvalue weighted by atomic mass is 16.6. The van der Waals surface area contributed by atoms with Crippen molar-refractivity contribution in [2.75, 3.05) is 19.7 Å². The van der Waals surface area contributed by atoms with Crippen LogP contribution in [0.2, 0.25) is 0 Å². The molecule has 1 aliphatic heterocycles. The third-order valence-electron chi connectivity index (χ3n) is 3.96. The van der Waals surface area contributed by atoms with Crippen molar-refractivity contribution in [2.24, 2.45) is 0 Å². The summed E-state index contributed by atoms with van der Waals surface area (Å²) in [6, 6.07) is 0.577. The number of rotatable bonds is 6. The second-order valence-corrected chi connectivity index (χ2v) is 7.34. The first-order valence-electron chi connectivity index (χ1n) is 8.67. The number of carbonyl (C=O) groups is 1. The average Bonchev–Trinajstić information content (AvgIpc) is 2.62. The predicted octanol–water partition coefficient (Wildman–Crippen LogP) is 2.92. The summed E-state index contributed by atoms with van der Waals surface area (Å²) in [4.78, 5) is 14.4. The van der Waals surface area contributed by atoms with Gasteiger partial charge in [-0.05, 0) is 59.9 Å². The van der Waals surface area contributed by atoms with Crippen LogP contribution in [0.25, 0.3) is 0 Å². The number of amides is 1. The van der Waals surface area contributed by atoms with Crippen molar-refractivity contribution >= 4 is 6.09 Å². The number of likely N-dealkylation sites (tertiary alicyclic amines) is 1. The summed E-state index contributed by atoms with van der Waals surface area (Å²) in [5.74, 6) is 0. The molecular weight excluding hydrogens is 280 g/mol. The minimum Gasteiger partial charge on any atom is -0.444 e. The first kappa shape index (κ1) is 19.2. The van der Waals surface area contributed by atoms with Gasteiger partial charge in [-0.15, -0.1) is 0 Å². The van der Waals surface area contributed by atoms with E-state index in [9.17, 15) is 4.79 Å². The van der Waals surface area contributed by atoms with Gasteiger partial charge < -0.3 is 20.1 Å². The molecule has 0 bridgehead atoms. The maximum atomic E-state index is 12.5. The van der Waals surface area contributed by atoms with Gasteiger partial charge in [0.1, 0.15) is 5.60 Å². The second-order valence-electron chi connectivity index (χ2n) is 7.34. The Bertz CT molecular complexity index is 328. The molecule has 1 rings (SSSR count). The van der Waals surface area contributed by atoms with E-state index < -0.39 is 5.60 Å². The number of hydrogen-bond donors (Lipinski definition) is 2. The number of hydrogen-bond acceptors (Lipinski definition) is 4. The van der Waals surface area contributed by atoms with Crippen LogP contribution in [0.3, 0.4) is 0 Å². The number of aliphatic hydroxyl groups is 1. The van der Waals surface area contributed by atoms with E-state index in [1.165, 1.54) is 12.8 Å². The van der Waals surface area contributed by atoms with E-state index >= 15 is 0 Å². The molecule has 0 aromatic heterocycles. The van der Waals surface area contributed by atoms with Gasteiger partial charge in [0.15, 0.2) is 0 Å². The smallest absolute Gasteiger partial charge is 0.410 e. The van der Waals surface area contributed by atoms with Crippen LogP contribution in [-0.2, 0) is 4.74 Å². The van der Waals surface area contributed by atoms with Crippen LogP contribution in [0.5, 0.6) is 0 Å². The second kappa shape index (κ2) is 9.36. The number of carbonyl (C=O) groups excluding carboxylic acids is 1. The molecule has 1 aliphatic rings. The van der Waals surface area contributed by atoms with Crippen LogP contribution in [0.4, 0.5) is 4.79 Å². The normalized spacial score (nSPS) is 21.3. The van der Waals surface area contributed by atoms with E-state index in [1.54, 1.807) is 0 Å². The van der Waals surface area contributed by atoms with E-state index in [-0.39, 0.29) is 18.7 Å². The summed E-state index contributed by atoms with van der Waals surface area (Å²) < 4.78 is 5.58. The molecule has 1 amide bonds. The highest BCUT2D eigenvalue weighted by molar-refractivity contribution is 5.68. The van der Waals surface area contributed by atoms with Crippen LogP contribution < -0.4 is 5.32 Å². The maximum Gasteiger partial charge on any atom is 0.410 e. The van der Waals surface area contributed by atoms with Crippen molar-refractivity contribution < 1.29 is 14.6 Å². The highest BCUT2D eigenvalue weighted by Crippen LogP contribution is 2.23. The fourth-order valence-electron chi connectivity index (χ4n) is 2.90. The molecule has 1 fully saturated rings. The third-order valence-corrected chi connectivity index (χ3v) is 3.96. The summed E-state index contributed by atoms with van der Waals surface area (Å²) >= 11 is 0. The van der Waals surface area contributed by atoms with Gasteiger partial charge in [-0.2, -0.15) is 0 Å². The van der Waals surface area contributed by atoms with E-state index in [4.69, 9.17) is 9.84 Å². The minimum atomic E-state index is -0.446. The van der Waals surface area contributed by atoms with E-state index in [0.29, 0.717) is 6.04 Å². The first-order valence-corrected chi connectivity index (χ1v) is 8.67. The van der Waals surface area contributed by atoms with Gasteiger partial charge in [0.05, 0.1) is 0 Å². The van der Waals surface area contributed by atoms with Gasteiger partial charge in [-0.3, -0.25) is 0 Å². The fraction of sp³-hybridized carbons (Fsp3) is 0.941. The fourth-order valence-corrected chi connectivity index (χ4v) is 2.90. The predicted molar refractivity (Wildman–Crippen MR) is 89.0 cm³/mol. The molecule has 1 saturated heterocycles. The molecule has 0 spiro atoms. The lowest BCUT2D eigenvalue weighted by Crippen LogP contribution is -2.45. The van der Waals surface area contributed by atoms with Gasteiger partial charge >= 0.3 is 6.09 Å². The Hall–Kier alpha value is -0.810. The lowest BCUT2D eigenvalue weighted by Gasteiger charge is -2.33. The van der Waals surface area contributed by atoms with Crippen molar-refractivity contribution in [1.82, 2.24) is 10.2 Å². The van der Waals surface area contributed by atoms with Gasteiger partial charge in [0.25, 0.3) is 0 Å². The van der Waals surface area contributed by atoms with E-state index in [2.05, 4.69) is 12.2 Å². The Labute approximate surface area is 135 Å². The summed E-state index contributed by atoms with van der Waals surface area (Å²) in [5, 5.41) is 12.3. The summed E-state index contributed by atoms with van der Waals surface area (Å²) in [7, 11) is 0. The first-order chi connectivity index (χ1) is 10.3. The molecule has 1 heterocycles. The van der Waals surface area contributed by atoms with Crippen LogP contribution in [-0.4, -0.2) is 53.5 Å². The quantitative estimate of drug-likeness (QED) is 0.740. The average molecular weight is 314 g/mol. The molecule has 0 aromatic carbocycles. The molecule has 0 radical (unpaired) electrons. The SMILES string of the molecule is CC(CC1CCCCCN1C(=O)OC(C)(C)C)NCCCO. The molecule has 5 nitrogen and oxygen atoms in total. The largest absolute Gasteiger partial charge is 0.444 e. The van der Waals surface area contributed by atoms with Crippen molar-refractivity contribution in [3.63, 3.8) is 0 Å². The molecule has 2 atom stereocenters. The number of ether oxygens (including phenoxy) is 1. The van der Waals surface area contributed by atoms with Crippen molar-refractivity contribution in [3.05, 3.63) is 0 Å². The molecule has 22 heavy (non-hydrogen) atoms. The Balaban J connectivity index is 2.59. The van der Waals surface area contributed by atoms with Crippen molar-refractivity contribution in [3.8, 4) is 0 Å². The molecule has 0 aromatic rings. The summed E-state index contributed by atoms with van der Waals surface area (Å²) in [5.41, 5.74) is -0.446. The van der Waals surface area contributed by atoms with Crippen LogP contribution in [0.15, 0.2) is 0 Å². The number of aliphatic hydroxyl groups excluding tert-OH is 1. The lowest BCUT2D eigenvalue weighted by atomic mass is 10.0. The number of nitrogens with one attached hydrogen (secondary N) is 1. The third kappa shape index (κ3) is 7.45. The van der Waals surface area contributed by atoms with Gasteiger partial charge in [-0.1, -0.05) is 12.8 Å². The molecule has 2 N–H and O–H groups in total. The minimum absolute atomic E-state index is 0.179. The zero-order chi connectivity index (χ0) is 16.6. The molecule has 0 aliphatic carbocycles. The molecule has 5 heteroatoms. The zero-order valence-electron chi connectivity index (χ0n) is 14.7. The van der Waals surface area contributed by atoms with E-state index in [0.717, 1.165) is 38.8 Å². The molecular formula is C17H34N2O3. The Morgan fingerprint density at radius 2 is 2.09 bits per heavy atom. The van der Waals surface area contributed by atoms with Crippen LogP contribution in [0.1, 0.15) is 66.2 Å². The molecule has 2 unspecified atom stereocenters. The summed E-state index contributed by atoms with van der Waals surface area (Å²) in [6.45, 7) is 9.72. The van der Waals surface area contributed by atoms with Crippen molar-refractivity contribution in [1.29, 1.82) is 0 Å². The van der Waals surface area contributed by atoms with Gasteiger partial charge in [0.2, 0.25) is 0 Å². The number of nitrogens with zero attached hydrogens (tertiary/aromatic N) is 1. The van der Waals surface area contributed by atoms with Crippen LogP contribution >= 0.6 is 0 Å². The standard InChI is InChI=1S/C17H34N2O3/c1-14(18-10-8-12-20)13-15-9-6-5-7-11-19(15)16(21)22-17(2,3)4/h14-15,18,20H,5-13H2,1-4H3. The lowest BCUT2D eigenvalue weighted by molar-refractivity contribution is 0.0150. The monoisotopic (exact) mass is 314 g/mol. The Kier molecular flexibility index (Phi) is 8.18. The van der Waals surface area contributed by atoms with Gasteiger partial charge in [0, 0.05) is 25.2 Å². The Morgan fingerprint density at radius 3 is 2.73 bits per heavy atom. The highest BCUT2D eigenvalue weighted by Gasteiger charge is 2.30. The maximum absolute atomic E-state index is 12.5. The Morgan fingerprint density at radius 1 is 1.36 bits per heavy atom. The van der Waals surface area contributed by atoms with E-state index in [1.807, 2.05) is 25.7 Å². The van der Waals surface area contributed by atoms with Crippen LogP contribution in [0, 0.1) is 0 Å². The summed E-state index contributed by atoms with van der Waals surface area (Å²) in [6.07, 6.45) is 5.99. The zero-order valence-corrected chi connectivity index (χ0v) is 14.7. The molecule has 130 valence electrons.